The first kappa shape index (κ1) is 9.20. The highest BCUT2D eigenvalue weighted by Crippen LogP contribution is 1.60. The van der Waals surface area contributed by atoms with Crippen LogP contribution in [0, 0.1) is 0 Å². The Morgan fingerprint density at radius 1 is 1.50 bits per heavy atom. The van der Waals surface area contributed by atoms with Crippen LogP contribution in [-0.4, -0.2) is 0 Å². The summed E-state index contributed by atoms with van der Waals surface area (Å²) in [4.78, 5) is 0. The van der Waals surface area contributed by atoms with E-state index in [1.54, 1.807) is 0 Å². The molecule has 0 saturated carbocycles. The van der Waals surface area contributed by atoms with Gasteiger partial charge in [0.2, 0.25) is 0 Å². The Labute approximate surface area is 41.9 Å². The summed E-state index contributed by atoms with van der Waals surface area (Å²) in [6.07, 6.45) is 0.250. The van der Waals surface area contributed by atoms with Gasteiger partial charge in [0.1, 0.15) is 0 Å². The first-order chi connectivity index (χ1) is 2.83. The van der Waals surface area contributed by atoms with Crippen molar-refractivity contribution in [1.29, 1.82) is 0 Å². The molecule has 0 heterocycles. The first-order valence-electron chi connectivity index (χ1n) is 1.25. The van der Waals surface area contributed by atoms with E-state index in [0.717, 1.165) is 0 Å². The van der Waals surface area contributed by atoms with Crippen LogP contribution in [0.4, 0.5) is 4.39 Å². The summed E-state index contributed by atoms with van der Waals surface area (Å²) in [6.45, 7) is 5.82. The summed E-state index contributed by atoms with van der Waals surface area (Å²) >= 11 is 4.76. The van der Waals surface area contributed by atoms with E-state index in [9.17, 15) is 4.39 Å². The third kappa shape index (κ3) is 300. The number of hydrogen-bond acceptors (Lipinski definition) is 0. The lowest BCUT2D eigenvalue weighted by atomic mass is 11.2. The molecule has 0 amide bonds. The van der Waals surface area contributed by atoms with Crippen LogP contribution in [-0.2, 0) is 0 Å². The summed E-state index contributed by atoms with van der Waals surface area (Å²) in [5, 5.41) is 0. The largest absolute Gasteiger partial charge is 0.216 e. The van der Waals surface area contributed by atoms with E-state index in [0.29, 0.717) is 0 Å². The lowest BCUT2D eigenvalue weighted by Crippen LogP contribution is -0.990. The van der Waals surface area contributed by atoms with Gasteiger partial charge >= 0.3 is 0 Å². The Morgan fingerprint density at radius 2 is 1.50 bits per heavy atom. The first-order valence-corrected chi connectivity index (χ1v) is 1.69. The molecule has 0 aromatic rings. The smallest absolute Gasteiger partial charge is 0.0795 e. The molecule has 6 heavy (non-hydrogen) atoms. The molecule has 0 radical (unpaired) electrons. The van der Waals surface area contributed by atoms with E-state index < -0.39 is 0 Å². The topological polar surface area (TPSA) is 0 Å². The molecule has 2 heteroatoms. The van der Waals surface area contributed by atoms with E-state index in [1.165, 1.54) is 5.54 Å². The van der Waals surface area contributed by atoms with Gasteiger partial charge in [0.15, 0.2) is 0 Å². The van der Waals surface area contributed by atoms with E-state index in [2.05, 4.69) is 13.2 Å². The fourth-order valence-corrected chi connectivity index (χ4v) is 0. The predicted molar refractivity (Wildman–Crippen MR) is 27.4 cm³/mol. The van der Waals surface area contributed by atoms with Crippen LogP contribution in [0.25, 0.3) is 0 Å². The van der Waals surface area contributed by atoms with Crippen LogP contribution in [0.15, 0.2) is 25.0 Å². The molecule has 0 saturated heterocycles. The van der Waals surface area contributed by atoms with Crippen molar-refractivity contribution >= 4 is 11.6 Å². The summed E-state index contributed by atoms with van der Waals surface area (Å²) in [5.41, 5.74) is 1.22. The quantitative estimate of drug-likeness (QED) is 0.447. The van der Waals surface area contributed by atoms with E-state index in [1.807, 2.05) is 0 Å². The second-order valence-corrected chi connectivity index (χ2v) is 0.617. The molecular formula is C4H6ClF. The molecule has 0 bridgehead atoms. The van der Waals surface area contributed by atoms with E-state index >= 15 is 0 Å². The highest BCUT2D eigenvalue weighted by Gasteiger charge is 1.19. The summed E-state index contributed by atoms with van der Waals surface area (Å²) < 4.78 is 10.1. The van der Waals surface area contributed by atoms with Crippen LogP contribution in [0.2, 0.25) is 0 Å². The van der Waals surface area contributed by atoms with E-state index in [-0.39, 0.29) is 6.33 Å². The van der Waals surface area contributed by atoms with Crippen molar-refractivity contribution in [3.63, 3.8) is 0 Å². The average molecular weight is 109 g/mol. The van der Waals surface area contributed by atoms with Gasteiger partial charge in [0.25, 0.3) is 0 Å². The maximum absolute atomic E-state index is 10.1. The van der Waals surface area contributed by atoms with Gasteiger partial charge in [-0.1, -0.05) is 24.8 Å². The zero-order chi connectivity index (χ0) is 5.41. The van der Waals surface area contributed by atoms with Crippen molar-refractivity contribution in [2.45, 2.75) is 0 Å². The number of hydrogen-bond donors (Lipinski definition) is 0. The molecule has 0 aromatic carbocycles. The second kappa shape index (κ2) is 22.3. The normalized spacial score (nSPS) is 4.33. The molecule has 0 N–H and O–H groups in total. The summed E-state index contributed by atoms with van der Waals surface area (Å²) in [7, 11) is 0. The Hall–Kier alpha value is -0.300. The van der Waals surface area contributed by atoms with Gasteiger partial charge < -0.3 is 0 Å². The molecule has 36 valence electrons. The molecular weight excluding hydrogens is 102 g/mol. The summed E-state index contributed by atoms with van der Waals surface area (Å²) in [6, 6.07) is 0. The highest BCUT2D eigenvalue weighted by atomic mass is 35.5. The molecule has 0 spiro atoms. The third-order valence-corrected chi connectivity index (χ3v) is 0. The Bertz CT molecular complexity index is 28.5. The lowest BCUT2D eigenvalue weighted by Gasteiger charge is -1.28. The SMILES string of the molecule is C=CCl.C=CF. The molecule has 0 nitrogen and oxygen atoms in total. The Morgan fingerprint density at radius 3 is 1.50 bits per heavy atom. The molecule has 0 aliphatic rings. The molecule has 0 rings (SSSR count). The lowest BCUT2D eigenvalue weighted by molar-refractivity contribution is 0.725. The minimum Gasteiger partial charge on any atom is -0.216 e. The third-order valence-electron chi connectivity index (χ3n) is 0. The van der Waals surface area contributed by atoms with Crippen molar-refractivity contribution < 1.29 is 4.39 Å². The molecule has 0 unspecified atom stereocenters. The van der Waals surface area contributed by atoms with Crippen molar-refractivity contribution in [2.24, 2.45) is 0 Å². The van der Waals surface area contributed by atoms with Gasteiger partial charge in [-0.05, 0) is 5.54 Å². The fraction of sp³-hybridized carbons (Fsp3) is 0. The fourth-order valence-electron chi connectivity index (χ4n) is 0. The Kier molecular flexibility index (Phi) is 34.1. The molecule has 0 aliphatic carbocycles. The van der Waals surface area contributed by atoms with Crippen LogP contribution in [0.5, 0.6) is 0 Å². The Balaban J connectivity index is 0. The van der Waals surface area contributed by atoms with Crippen LogP contribution in [0.3, 0.4) is 0 Å². The number of rotatable bonds is 0. The minimum absolute atomic E-state index is 0.250. The van der Waals surface area contributed by atoms with Gasteiger partial charge in [-0.15, -0.1) is 0 Å². The van der Waals surface area contributed by atoms with Gasteiger partial charge in [0.05, 0.1) is 6.33 Å². The van der Waals surface area contributed by atoms with Crippen LogP contribution >= 0.6 is 11.6 Å². The van der Waals surface area contributed by atoms with Gasteiger partial charge in [0, 0.05) is 0 Å². The van der Waals surface area contributed by atoms with Crippen molar-refractivity contribution in [2.75, 3.05) is 0 Å². The molecule has 0 atom stereocenters. The van der Waals surface area contributed by atoms with Gasteiger partial charge in [-0.2, -0.15) is 0 Å². The monoisotopic (exact) mass is 108 g/mol. The highest BCUT2D eigenvalue weighted by molar-refractivity contribution is 6.25. The van der Waals surface area contributed by atoms with Crippen molar-refractivity contribution in [1.82, 2.24) is 0 Å². The van der Waals surface area contributed by atoms with E-state index in [4.69, 9.17) is 11.6 Å². The molecule has 0 fully saturated rings. The van der Waals surface area contributed by atoms with Crippen LogP contribution < -0.4 is 0 Å². The molecule has 0 aromatic heterocycles. The second-order valence-electron chi connectivity index (χ2n) is 0.309. The average Bonchev–Trinajstić information content (AvgIpc) is 1.39. The number of halogens is 2. The molecule has 0 aliphatic heterocycles. The van der Waals surface area contributed by atoms with Gasteiger partial charge in [-0.3, -0.25) is 0 Å². The maximum atomic E-state index is 10.1. The van der Waals surface area contributed by atoms with Crippen molar-refractivity contribution in [3.8, 4) is 0 Å². The standard InChI is InChI=1S/C2H3Cl.C2H3F/c2*1-2-3/h2*2H,1H2. The summed E-state index contributed by atoms with van der Waals surface area (Å²) in [5.74, 6) is 0. The zero-order valence-corrected chi connectivity index (χ0v) is 4.08. The predicted octanol–water partition coefficient (Wildman–Crippen LogP) is 2.47. The van der Waals surface area contributed by atoms with Crippen LogP contribution in [0.1, 0.15) is 0 Å². The maximum Gasteiger partial charge on any atom is 0.0795 e. The minimum atomic E-state index is 0.250. The van der Waals surface area contributed by atoms with Crippen molar-refractivity contribution in [3.05, 3.63) is 25.0 Å². The zero-order valence-electron chi connectivity index (χ0n) is 3.32. The van der Waals surface area contributed by atoms with Gasteiger partial charge in [-0.25, -0.2) is 4.39 Å².